The molecule has 0 bridgehead atoms. The summed E-state index contributed by atoms with van der Waals surface area (Å²) in [6, 6.07) is 9.34. The predicted octanol–water partition coefficient (Wildman–Crippen LogP) is 3.30. The normalized spacial score (nSPS) is 16.1. The van der Waals surface area contributed by atoms with Gasteiger partial charge in [0.05, 0.1) is 17.2 Å². The third-order valence-corrected chi connectivity index (χ3v) is 6.11. The molecule has 0 spiro atoms. The Bertz CT molecular complexity index is 769. The van der Waals surface area contributed by atoms with Gasteiger partial charge in [-0.15, -0.1) is 11.3 Å². The molecule has 1 aromatic heterocycles. The van der Waals surface area contributed by atoms with Crippen molar-refractivity contribution in [1.82, 2.24) is 20.1 Å². The minimum absolute atomic E-state index is 0.505. The largest absolute Gasteiger partial charge is 0.355 e. The van der Waals surface area contributed by atoms with Crippen LogP contribution in [0.1, 0.15) is 35.2 Å². The SMILES string of the molecule is CCC(CNC(=NC)N(C)Cc1csc(C)n1)N1CCc2ccccc2C1. The van der Waals surface area contributed by atoms with Crippen LogP contribution >= 0.6 is 11.3 Å². The van der Waals surface area contributed by atoms with Gasteiger partial charge in [-0.2, -0.15) is 0 Å². The zero-order valence-corrected chi connectivity index (χ0v) is 17.7. The van der Waals surface area contributed by atoms with Crippen molar-refractivity contribution in [2.24, 2.45) is 4.99 Å². The molecule has 1 unspecified atom stereocenters. The maximum atomic E-state index is 4.56. The van der Waals surface area contributed by atoms with E-state index in [1.54, 1.807) is 11.3 Å². The Morgan fingerprint density at radius 2 is 2.15 bits per heavy atom. The standard InChI is InChI=1S/C21H31N5S/c1-5-20(26-11-10-17-8-6-7-9-18(17)13-26)12-23-21(22-3)25(4)14-19-15-27-16(2)24-19/h6-9,15,20H,5,10-14H2,1-4H3,(H,22,23). The molecule has 1 N–H and O–H groups in total. The number of thiazole rings is 1. The van der Waals surface area contributed by atoms with Gasteiger partial charge in [0.2, 0.25) is 0 Å². The molecule has 2 heterocycles. The molecule has 0 radical (unpaired) electrons. The fourth-order valence-corrected chi connectivity index (χ4v) is 4.36. The summed E-state index contributed by atoms with van der Waals surface area (Å²) in [5.74, 6) is 0.927. The first-order chi connectivity index (χ1) is 13.1. The van der Waals surface area contributed by atoms with Gasteiger partial charge in [-0.1, -0.05) is 31.2 Å². The van der Waals surface area contributed by atoms with Crippen LogP contribution in [0.5, 0.6) is 0 Å². The number of nitrogens with zero attached hydrogens (tertiary/aromatic N) is 4. The molecule has 0 amide bonds. The molecule has 0 saturated carbocycles. The first kappa shape index (κ1) is 19.8. The molecule has 6 heteroatoms. The fraction of sp³-hybridized carbons (Fsp3) is 0.524. The van der Waals surface area contributed by atoms with Gasteiger partial charge < -0.3 is 10.2 Å². The van der Waals surface area contributed by atoms with E-state index >= 15 is 0 Å². The third-order valence-electron chi connectivity index (χ3n) is 5.28. The summed E-state index contributed by atoms with van der Waals surface area (Å²) < 4.78 is 0. The highest BCUT2D eigenvalue weighted by Gasteiger charge is 2.22. The van der Waals surface area contributed by atoms with Crippen LogP contribution in [-0.4, -0.2) is 54.0 Å². The van der Waals surface area contributed by atoms with Crippen LogP contribution in [0, 0.1) is 6.92 Å². The first-order valence-electron chi connectivity index (χ1n) is 9.74. The van der Waals surface area contributed by atoms with Gasteiger partial charge in [0.1, 0.15) is 0 Å². The fourth-order valence-electron chi connectivity index (χ4n) is 3.75. The molecule has 3 rings (SSSR count). The summed E-state index contributed by atoms with van der Waals surface area (Å²) >= 11 is 1.70. The summed E-state index contributed by atoms with van der Waals surface area (Å²) in [4.78, 5) is 13.8. The maximum Gasteiger partial charge on any atom is 0.193 e. The smallest absolute Gasteiger partial charge is 0.193 e. The average molecular weight is 386 g/mol. The van der Waals surface area contributed by atoms with Crippen LogP contribution < -0.4 is 5.32 Å². The van der Waals surface area contributed by atoms with Gasteiger partial charge in [0, 0.05) is 45.2 Å². The molecule has 5 nitrogen and oxygen atoms in total. The van der Waals surface area contributed by atoms with Crippen molar-refractivity contribution in [3.05, 3.63) is 51.5 Å². The number of hydrogen-bond donors (Lipinski definition) is 1. The van der Waals surface area contributed by atoms with Crippen LogP contribution in [0.15, 0.2) is 34.6 Å². The molecule has 1 aliphatic rings. The second kappa shape index (κ2) is 9.33. The number of rotatable bonds is 6. The molecule has 0 aliphatic carbocycles. The maximum absolute atomic E-state index is 4.56. The predicted molar refractivity (Wildman–Crippen MR) is 114 cm³/mol. The van der Waals surface area contributed by atoms with Crippen molar-refractivity contribution in [2.45, 2.75) is 45.8 Å². The molecule has 27 heavy (non-hydrogen) atoms. The number of guanidine groups is 1. The third kappa shape index (κ3) is 5.08. The van der Waals surface area contributed by atoms with Crippen LogP contribution in [0.2, 0.25) is 0 Å². The Kier molecular flexibility index (Phi) is 6.85. The zero-order chi connectivity index (χ0) is 19.2. The monoisotopic (exact) mass is 385 g/mol. The Morgan fingerprint density at radius 3 is 2.81 bits per heavy atom. The summed E-state index contributed by atoms with van der Waals surface area (Å²) in [5, 5.41) is 6.81. The molecular weight excluding hydrogens is 354 g/mol. The number of aromatic nitrogens is 1. The molecule has 2 aromatic rings. The van der Waals surface area contributed by atoms with Crippen LogP contribution in [0.3, 0.4) is 0 Å². The van der Waals surface area contributed by atoms with E-state index in [4.69, 9.17) is 0 Å². The van der Waals surface area contributed by atoms with E-state index in [2.05, 4.69) is 68.7 Å². The molecule has 1 aromatic carbocycles. The van der Waals surface area contributed by atoms with Crippen LogP contribution in [0.4, 0.5) is 0 Å². The lowest BCUT2D eigenvalue weighted by Crippen LogP contribution is -2.48. The molecule has 146 valence electrons. The van der Waals surface area contributed by atoms with Gasteiger partial charge in [-0.25, -0.2) is 4.98 Å². The Labute approximate surface area is 167 Å². The highest BCUT2D eigenvalue weighted by atomic mass is 32.1. The van der Waals surface area contributed by atoms with Gasteiger partial charge in [0.25, 0.3) is 0 Å². The minimum atomic E-state index is 0.505. The lowest BCUT2D eigenvalue weighted by Gasteiger charge is -2.36. The van der Waals surface area contributed by atoms with E-state index in [1.165, 1.54) is 11.1 Å². The van der Waals surface area contributed by atoms with Crippen molar-refractivity contribution in [1.29, 1.82) is 0 Å². The van der Waals surface area contributed by atoms with E-state index < -0.39 is 0 Å². The van der Waals surface area contributed by atoms with Crippen molar-refractivity contribution < 1.29 is 0 Å². The number of aryl methyl sites for hydroxylation is 1. The quantitative estimate of drug-likeness (QED) is 0.612. The van der Waals surface area contributed by atoms with E-state index in [-0.39, 0.29) is 0 Å². The van der Waals surface area contributed by atoms with E-state index in [0.717, 1.165) is 55.7 Å². The lowest BCUT2D eigenvalue weighted by atomic mass is 9.98. The van der Waals surface area contributed by atoms with E-state index in [9.17, 15) is 0 Å². The summed E-state index contributed by atoms with van der Waals surface area (Å²) in [6.07, 6.45) is 2.27. The van der Waals surface area contributed by atoms with Crippen LogP contribution in [0.25, 0.3) is 0 Å². The van der Waals surface area contributed by atoms with Crippen molar-refractivity contribution in [3.8, 4) is 0 Å². The van der Waals surface area contributed by atoms with Gasteiger partial charge in [-0.3, -0.25) is 9.89 Å². The summed E-state index contributed by atoms with van der Waals surface area (Å²) in [5.41, 5.74) is 4.08. The van der Waals surface area contributed by atoms with Crippen molar-refractivity contribution in [3.63, 3.8) is 0 Å². The van der Waals surface area contributed by atoms with E-state index in [0.29, 0.717) is 6.04 Å². The molecule has 0 saturated heterocycles. The number of nitrogens with one attached hydrogen (secondary N) is 1. The molecule has 0 fully saturated rings. The van der Waals surface area contributed by atoms with Crippen LogP contribution in [-0.2, 0) is 19.5 Å². The average Bonchev–Trinajstić information content (AvgIpc) is 3.09. The van der Waals surface area contributed by atoms with Gasteiger partial charge in [-0.05, 0) is 30.9 Å². The molecule has 1 atom stereocenters. The molecular formula is C21H31N5S. The lowest BCUT2D eigenvalue weighted by molar-refractivity contribution is 0.173. The minimum Gasteiger partial charge on any atom is -0.355 e. The van der Waals surface area contributed by atoms with Crippen molar-refractivity contribution in [2.75, 3.05) is 27.2 Å². The highest BCUT2D eigenvalue weighted by molar-refractivity contribution is 7.09. The zero-order valence-electron chi connectivity index (χ0n) is 16.9. The van der Waals surface area contributed by atoms with E-state index in [1.807, 2.05) is 14.0 Å². The number of benzene rings is 1. The summed E-state index contributed by atoms with van der Waals surface area (Å²) in [6.45, 7) is 8.18. The Balaban J connectivity index is 1.56. The second-order valence-electron chi connectivity index (χ2n) is 7.19. The van der Waals surface area contributed by atoms with Gasteiger partial charge >= 0.3 is 0 Å². The number of hydrogen-bond acceptors (Lipinski definition) is 4. The second-order valence-corrected chi connectivity index (χ2v) is 8.26. The number of aliphatic imine (C=N–C) groups is 1. The summed E-state index contributed by atoms with van der Waals surface area (Å²) in [7, 11) is 3.92. The van der Waals surface area contributed by atoms with Crippen molar-refractivity contribution >= 4 is 17.3 Å². The topological polar surface area (TPSA) is 43.8 Å². The Hall–Kier alpha value is -1.92. The van der Waals surface area contributed by atoms with Gasteiger partial charge in [0.15, 0.2) is 5.96 Å². The first-order valence-corrected chi connectivity index (χ1v) is 10.6. The number of fused-ring (bicyclic) bond motifs is 1. The Morgan fingerprint density at radius 1 is 1.37 bits per heavy atom. The molecule has 1 aliphatic heterocycles. The highest BCUT2D eigenvalue weighted by Crippen LogP contribution is 2.21.